The maximum atomic E-state index is 12.8. The fraction of sp³-hybridized carbons (Fsp3) is 0.417. The van der Waals surface area contributed by atoms with Crippen molar-refractivity contribution in [2.45, 2.75) is 6.10 Å². The summed E-state index contributed by atoms with van der Waals surface area (Å²) in [5.41, 5.74) is 0.876. The lowest BCUT2D eigenvalue weighted by Gasteiger charge is -2.32. The number of halogens is 1. The molecule has 1 saturated heterocycles. The summed E-state index contributed by atoms with van der Waals surface area (Å²) in [6.07, 6.45) is -0.177. The van der Waals surface area contributed by atoms with Crippen LogP contribution in [-0.2, 0) is 9.53 Å². The lowest BCUT2D eigenvalue weighted by Crippen LogP contribution is -2.41. The van der Waals surface area contributed by atoms with E-state index >= 15 is 0 Å². The van der Waals surface area contributed by atoms with Crippen LogP contribution in [0.4, 0.5) is 4.39 Å². The fourth-order valence-corrected chi connectivity index (χ4v) is 1.92. The second-order valence-corrected chi connectivity index (χ2v) is 4.04. The van der Waals surface area contributed by atoms with Gasteiger partial charge >= 0.3 is 5.97 Å². The molecule has 1 aromatic rings. The molecular weight excluding hydrogens is 225 g/mol. The monoisotopic (exact) mass is 239 g/mol. The van der Waals surface area contributed by atoms with Crippen LogP contribution in [0.15, 0.2) is 24.3 Å². The van der Waals surface area contributed by atoms with Crippen LogP contribution < -0.4 is 0 Å². The number of benzene rings is 1. The van der Waals surface area contributed by atoms with Crippen LogP contribution in [0.25, 0.3) is 0 Å². The third kappa shape index (κ3) is 3.25. The topological polar surface area (TPSA) is 49.8 Å². The quantitative estimate of drug-likeness (QED) is 0.863. The predicted molar refractivity (Wildman–Crippen MR) is 59.2 cm³/mol. The molecule has 0 spiro atoms. The highest BCUT2D eigenvalue weighted by atomic mass is 19.1. The molecular formula is C12H14FNO3. The van der Waals surface area contributed by atoms with E-state index in [0.717, 1.165) is 5.56 Å². The van der Waals surface area contributed by atoms with Crippen LogP contribution in [-0.4, -0.2) is 42.2 Å². The molecule has 92 valence electrons. The van der Waals surface area contributed by atoms with E-state index in [1.165, 1.54) is 12.1 Å². The second-order valence-electron chi connectivity index (χ2n) is 4.04. The van der Waals surface area contributed by atoms with Crippen molar-refractivity contribution >= 4 is 5.97 Å². The minimum absolute atomic E-state index is 0.0149. The number of carboxylic acid groups (broad SMARTS) is 1. The van der Waals surface area contributed by atoms with Gasteiger partial charge < -0.3 is 9.84 Å². The maximum Gasteiger partial charge on any atom is 0.317 e. The number of nitrogens with zero attached hydrogens (tertiary/aromatic N) is 1. The summed E-state index contributed by atoms with van der Waals surface area (Å²) in [6.45, 7) is 1.65. The molecule has 1 aliphatic rings. The van der Waals surface area contributed by atoms with Crippen LogP contribution in [0.3, 0.4) is 0 Å². The zero-order valence-corrected chi connectivity index (χ0v) is 9.30. The summed E-state index contributed by atoms with van der Waals surface area (Å²) in [5, 5.41) is 8.73. The fourth-order valence-electron chi connectivity index (χ4n) is 1.92. The van der Waals surface area contributed by atoms with E-state index in [1.807, 2.05) is 4.90 Å². The SMILES string of the molecule is O=C(O)CN1CCOC(c2ccc(F)cc2)C1. The Morgan fingerprint density at radius 3 is 2.82 bits per heavy atom. The largest absolute Gasteiger partial charge is 0.480 e. The summed E-state index contributed by atoms with van der Waals surface area (Å²) in [6, 6.07) is 6.11. The number of carboxylic acids is 1. The maximum absolute atomic E-state index is 12.8. The molecule has 0 aromatic heterocycles. The highest BCUT2D eigenvalue weighted by Gasteiger charge is 2.23. The third-order valence-electron chi connectivity index (χ3n) is 2.75. The molecule has 0 amide bonds. The number of ether oxygens (including phenoxy) is 1. The van der Waals surface area contributed by atoms with Crippen LogP contribution >= 0.6 is 0 Å². The smallest absolute Gasteiger partial charge is 0.317 e. The van der Waals surface area contributed by atoms with Gasteiger partial charge in [0.05, 0.1) is 19.3 Å². The average molecular weight is 239 g/mol. The Labute approximate surface area is 98.6 Å². The van der Waals surface area contributed by atoms with E-state index in [0.29, 0.717) is 19.7 Å². The van der Waals surface area contributed by atoms with Crippen molar-refractivity contribution in [3.05, 3.63) is 35.6 Å². The predicted octanol–water partition coefficient (Wildman–Crippen LogP) is 1.28. The lowest BCUT2D eigenvalue weighted by atomic mass is 10.1. The summed E-state index contributed by atoms with van der Waals surface area (Å²) in [4.78, 5) is 12.4. The third-order valence-corrected chi connectivity index (χ3v) is 2.75. The first-order chi connectivity index (χ1) is 8.15. The van der Waals surface area contributed by atoms with E-state index in [4.69, 9.17) is 9.84 Å². The van der Waals surface area contributed by atoms with Crippen LogP contribution in [0.5, 0.6) is 0 Å². The molecule has 0 saturated carbocycles. The first-order valence-corrected chi connectivity index (χ1v) is 5.46. The Kier molecular flexibility index (Phi) is 3.71. The van der Waals surface area contributed by atoms with Gasteiger partial charge in [-0.2, -0.15) is 0 Å². The van der Waals surface area contributed by atoms with E-state index in [1.54, 1.807) is 12.1 Å². The van der Waals surface area contributed by atoms with Gasteiger partial charge in [0.15, 0.2) is 0 Å². The van der Waals surface area contributed by atoms with Crippen molar-refractivity contribution in [3.8, 4) is 0 Å². The second kappa shape index (κ2) is 5.25. The van der Waals surface area contributed by atoms with E-state index in [2.05, 4.69) is 0 Å². The van der Waals surface area contributed by atoms with Crippen molar-refractivity contribution < 1.29 is 19.0 Å². The average Bonchev–Trinajstić information content (AvgIpc) is 2.29. The number of aliphatic carboxylic acids is 1. The Hall–Kier alpha value is -1.46. The minimum Gasteiger partial charge on any atom is -0.480 e. The molecule has 1 aliphatic heterocycles. The van der Waals surface area contributed by atoms with E-state index in [-0.39, 0.29) is 18.5 Å². The number of hydrogen-bond acceptors (Lipinski definition) is 3. The molecule has 1 atom stereocenters. The van der Waals surface area contributed by atoms with Gasteiger partial charge in [-0.05, 0) is 17.7 Å². The summed E-state index contributed by atoms with van der Waals surface area (Å²) in [5.74, 6) is -1.13. The highest BCUT2D eigenvalue weighted by molar-refractivity contribution is 5.69. The van der Waals surface area contributed by atoms with Crippen LogP contribution in [0, 0.1) is 5.82 Å². The number of carbonyl (C=O) groups is 1. The molecule has 2 rings (SSSR count). The normalized spacial score (nSPS) is 21.4. The summed E-state index contributed by atoms with van der Waals surface area (Å²) in [7, 11) is 0. The Bertz CT molecular complexity index is 393. The van der Waals surface area contributed by atoms with Gasteiger partial charge in [0.25, 0.3) is 0 Å². The van der Waals surface area contributed by atoms with Crippen LogP contribution in [0.2, 0.25) is 0 Å². The van der Waals surface area contributed by atoms with Crippen LogP contribution in [0.1, 0.15) is 11.7 Å². The van der Waals surface area contributed by atoms with Gasteiger partial charge in [-0.25, -0.2) is 4.39 Å². The molecule has 1 N–H and O–H groups in total. The molecule has 5 heteroatoms. The van der Waals surface area contributed by atoms with Crippen molar-refractivity contribution in [3.63, 3.8) is 0 Å². The van der Waals surface area contributed by atoms with Gasteiger partial charge in [-0.15, -0.1) is 0 Å². The molecule has 0 aliphatic carbocycles. The number of morpholine rings is 1. The molecule has 17 heavy (non-hydrogen) atoms. The molecule has 1 unspecified atom stereocenters. The van der Waals surface area contributed by atoms with Gasteiger partial charge in [-0.1, -0.05) is 12.1 Å². The first-order valence-electron chi connectivity index (χ1n) is 5.46. The first kappa shape index (κ1) is 12.0. The van der Waals surface area contributed by atoms with Gasteiger partial charge in [-0.3, -0.25) is 9.69 Å². The zero-order valence-electron chi connectivity index (χ0n) is 9.30. The van der Waals surface area contributed by atoms with Crippen molar-refractivity contribution in [2.75, 3.05) is 26.2 Å². The van der Waals surface area contributed by atoms with E-state index in [9.17, 15) is 9.18 Å². The molecule has 0 bridgehead atoms. The lowest BCUT2D eigenvalue weighted by molar-refractivity contribution is -0.140. The molecule has 1 heterocycles. The number of hydrogen-bond donors (Lipinski definition) is 1. The molecule has 1 fully saturated rings. The van der Waals surface area contributed by atoms with Gasteiger partial charge in [0.2, 0.25) is 0 Å². The Morgan fingerprint density at radius 2 is 2.18 bits per heavy atom. The molecule has 1 aromatic carbocycles. The number of rotatable bonds is 3. The van der Waals surface area contributed by atoms with Crippen molar-refractivity contribution in [1.82, 2.24) is 4.90 Å². The minimum atomic E-state index is -0.843. The van der Waals surface area contributed by atoms with Gasteiger partial charge in [0.1, 0.15) is 5.82 Å². The zero-order chi connectivity index (χ0) is 12.3. The molecule has 4 nitrogen and oxygen atoms in total. The Balaban J connectivity index is 2.01. The van der Waals surface area contributed by atoms with Crippen molar-refractivity contribution in [2.24, 2.45) is 0 Å². The summed E-state index contributed by atoms with van der Waals surface area (Å²) >= 11 is 0. The Morgan fingerprint density at radius 1 is 1.47 bits per heavy atom. The summed E-state index contributed by atoms with van der Waals surface area (Å²) < 4.78 is 18.3. The van der Waals surface area contributed by atoms with E-state index < -0.39 is 5.97 Å². The van der Waals surface area contributed by atoms with Crippen molar-refractivity contribution in [1.29, 1.82) is 0 Å². The molecule has 0 radical (unpaired) electrons. The highest BCUT2D eigenvalue weighted by Crippen LogP contribution is 2.22. The van der Waals surface area contributed by atoms with Gasteiger partial charge in [0, 0.05) is 13.1 Å². The standard InChI is InChI=1S/C12H14FNO3/c13-10-3-1-9(2-4-10)11-7-14(5-6-17-11)8-12(15)16/h1-4,11H,5-8H2,(H,15,16).